The van der Waals surface area contributed by atoms with Crippen LogP contribution in [0.1, 0.15) is 24.7 Å². The normalized spacial score (nSPS) is 10.2. The SMILES string of the molecule is CCCNc1ccnc(Cc2ccc(OC)cc2)n1. The molecular weight excluding hydrogens is 238 g/mol. The fourth-order valence-electron chi connectivity index (χ4n) is 1.76. The topological polar surface area (TPSA) is 47.0 Å². The molecule has 1 N–H and O–H groups in total. The van der Waals surface area contributed by atoms with E-state index in [1.54, 1.807) is 13.3 Å². The Kier molecular flexibility index (Phi) is 4.72. The molecule has 0 unspecified atom stereocenters. The first kappa shape index (κ1) is 13.3. The number of hydrogen-bond donors (Lipinski definition) is 1. The minimum Gasteiger partial charge on any atom is -0.497 e. The second kappa shape index (κ2) is 6.73. The van der Waals surface area contributed by atoms with Crippen molar-refractivity contribution < 1.29 is 4.74 Å². The van der Waals surface area contributed by atoms with Gasteiger partial charge in [0.2, 0.25) is 0 Å². The van der Waals surface area contributed by atoms with Crippen molar-refractivity contribution in [2.75, 3.05) is 19.0 Å². The summed E-state index contributed by atoms with van der Waals surface area (Å²) in [5.74, 6) is 2.58. The van der Waals surface area contributed by atoms with Crippen LogP contribution in [0.3, 0.4) is 0 Å². The Labute approximate surface area is 113 Å². The van der Waals surface area contributed by atoms with E-state index in [0.717, 1.165) is 36.8 Å². The fourth-order valence-corrected chi connectivity index (χ4v) is 1.76. The van der Waals surface area contributed by atoms with Gasteiger partial charge in [0.15, 0.2) is 0 Å². The molecule has 1 aromatic heterocycles. The van der Waals surface area contributed by atoms with Gasteiger partial charge < -0.3 is 10.1 Å². The Hall–Kier alpha value is -2.10. The van der Waals surface area contributed by atoms with Crippen molar-refractivity contribution in [2.45, 2.75) is 19.8 Å². The van der Waals surface area contributed by atoms with Gasteiger partial charge in [-0.15, -0.1) is 0 Å². The van der Waals surface area contributed by atoms with Crippen molar-refractivity contribution in [1.82, 2.24) is 9.97 Å². The zero-order valence-electron chi connectivity index (χ0n) is 11.4. The highest BCUT2D eigenvalue weighted by Gasteiger charge is 2.01. The van der Waals surface area contributed by atoms with Crippen LogP contribution in [0.2, 0.25) is 0 Å². The van der Waals surface area contributed by atoms with E-state index in [1.165, 1.54) is 5.56 Å². The number of rotatable bonds is 6. The van der Waals surface area contributed by atoms with Crippen LogP contribution in [0, 0.1) is 0 Å². The van der Waals surface area contributed by atoms with Gasteiger partial charge in [-0.25, -0.2) is 9.97 Å². The molecule has 2 rings (SSSR count). The highest BCUT2D eigenvalue weighted by Crippen LogP contribution is 2.14. The molecule has 0 aliphatic carbocycles. The van der Waals surface area contributed by atoms with E-state index in [1.807, 2.05) is 30.3 Å². The number of nitrogens with zero attached hydrogens (tertiary/aromatic N) is 2. The van der Waals surface area contributed by atoms with E-state index < -0.39 is 0 Å². The van der Waals surface area contributed by atoms with Crippen molar-refractivity contribution in [3.63, 3.8) is 0 Å². The number of hydrogen-bond acceptors (Lipinski definition) is 4. The van der Waals surface area contributed by atoms with Gasteiger partial charge in [0.05, 0.1) is 7.11 Å². The average molecular weight is 257 g/mol. The van der Waals surface area contributed by atoms with E-state index in [2.05, 4.69) is 22.2 Å². The van der Waals surface area contributed by atoms with Crippen LogP contribution in [-0.4, -0.2) is 23.6 Å². The van der Waals surface area contributed by atoms with Gasteiger partial charge >= 0.3 is 0 Å². The summed E-state index contributed by atoms with van der Waals surface area (Å²) < 4.78 is 5.14. The predicted molar refractivity (Wildman–Crippen MR) is 76.6 cm³/mol. The molecule has 1 heterocycles. The molecule has 0 spiro atoms. The van der Waals surface area contributed by atoms with Gasteiger partial charge in [-0.2, -0.15) is 0 Å². The van der Waals surface area contributed by atoms with E-state index in [-0.39, 0.29) is 0 Å². The van der Waals surface area contributed by atoms with Crippen LogP contribution >= 0.6 is 0 Å². The monoisotopic (exact) mass is 257 g/mol. The largest absolute Gasteiger partial charge is 0.497 e. The average Bonchev–Trinajstić information content (AvgIpc) is 2.46. The molecule has 0 radical (unpaired) electrons. The molecule has 4 nitrogen and oxygen atoms in total. The summed E-state index contributed by atoms with van der Waals surface area (Å²) in [6.45, 7) is 3.06. The van der Waals surface area contributed by atoms with Gasteiger partial charge in [0.1, 0.15) is 17.4 Å². The van der Waals surface area contributed by atoms with Crippen LogP contribution in [0.15, 0.2) is 36.5 Å². The maximum atomic E-state index is 5.14. The fraction of sp³-hybridized carbons (Fsp3) is 0.333. The Morgan fingerprint density at radius 1 is 1.16 bits per heavy atom. The van der Waals surface area contributed by atoms with Crippen LogP contribution in [0.4, 0.5) is 5.82 Å². The number of benzene rings is 1. The van der Waals surface area contributed by atoms with E-state index in [4.69, 9.17) is 4.74 Å². The zero-order chi connectivity index (χ0) is 13.5. The molecule has 0 bridgehead atoms. The van der Waals surface area contributed by atoms with E-state index >= 15 is 0 Å². The van der Waals surface area contributed by atoms with Crippen LogP contribution in [-0.2, 0) is 6.42 Å². The number of ether oxygens (including phenoxy) is 1. The maximum Gasteiger partial charge on any atom is 0.135 e. The molecule has 4 heteroatoms. The third kappa shape index (κ3) is 3.95. The molecule has 0 saturated heterocycles. The maximum absolute atomic E-state index is 5.14. The van der Waals surface area contributed by atoms with Gasteiger partial charge in [-0.1, -0.05) is 19.1 Å². The zero-order valence-corrected chi connectivity index (χ0v) is 11.4. The Morgan fingerprint density at radius 2 is 1.95 bits per heavy atom. The highest BCUT2D eigenvalue weighted by atomic mass is 16.5. The quantitative estimate of drug-likeness (QED) is 0.864. The molecule has 1 aromatic carbocycles. The third-order valence-electron chi connectivity index (χ3n) is 2.78. The van der Waals surface area contributed by atoms with Gasteiger partial charge in [-0.3, -0.25) is 0 Å². The lowest BCUT2D eigenvalue weighted by molar-refractivity contribution is 0.414. The number of anilines is 1. The Bertz CT molecular complexity index is 511. The summed E-state index contributed by atoms with van der Waals surface area (Å²) in [5, 5.41) is 3.27. The second-order valence-electron chi connectivity index (χ2n) is 4.31. The van der Waals surface area contributed by atoms with Gasteiger partial charge in [0.25, 0.3) is 0 Å². The van der Waals surface area contributed by atoms with Crippen LogP contribution < -0.4 is 10.1 Å². The van der Waals surface area contributed by atoms with Crippen molar-refractivity contribution in [1.29, 1.82) is 0 Å². The first-order valence-corrected chi connectivity index (χ1v) is 6.50. The third-order valence-corrected chi connectivity index (χ3v) is 2.78. The smallest absolute Gasteiger partial charge is 0.135 e. The van der Waals surface area contributed by atoms with Crippen molar-refractivity contribution in [3.8, 4) is 5.75 Å². The number of methoxy groups -OCH3 is 1. The standard InChI is InChI=1S/C15H19N3O/c1-3-9-16-14-8-10-17-15(18-14)11-12-4-6-13(19-2)7-5-12/h4-8,10H,3,9,11H2,1-2H3,(H,16,17,18). The highest BCUT2D eigenvalue weighted by molar-refractivity contribution is 5.34. The van der Waals surface area contributed by atoms with E-state index in [9.17, 15) is 0 Å². The molecule has 19 heavy (non-hydrogen) atoms. The molecule has 0 atom stereocenters. The first-order chi connectivity index (χ1) is 9.31. The molecule has 0 aliphatic rings. The van der Waals surface area contributed by atoms with Gasteiger partial charge in [0, 0.05) is 19.2 Å². The summed E-state index contributed by atoms with van der Waals surface area (Å²) in [5.41, 5.74) is 1.17. The van der Waals surface area contributed by atoms with Gasteiger partial charge in [-0.05, 0) is 30.2 Å². The predicted octanol–water partition coefficient (Wildman–Crippen LogP) is 2.90. The summed E-state index contributed by atoms with van der Waals surface area (Å²) >= 11 is 0. The lowest BCUT2D eigenvalue weighted by atomic mass is 10.1. The second-order valence-corrected chi connectivity index (χ2v) is 4.31. The minimum absolute atomic E-state index is 0.728. The molecule has 100 valence electrons. The van der Waals surface area contributed by atoms with Crippen molar-refractivity contribution in [3.05, 3.63) is 47.9 Å². The van der Waals surface area contributed by atoms with Crippen molar-refractivity contribution in [2.24, 2.45) is 0 Å². The van der Waals surface area contributed by atoms with Crippen LogP contribution in [0.25, 0.3) is 0 Å². The minimum atomic E-state index is 0.728. The number of nitrogens with one attached hydrogen (secondary N) is 1. The lowest BCUT2D eigenvalue weighted by Crippen LogP contribution is -2.05. The summed E-state index contributed by atoms with van der Waals surface area (Å²) in [6.07, 6.45) is 3.60. The van der Waals surface area contributed by atoms with Crippen LogP contribution in [0.5, 0.6) is 5.75 Å². The molecular formula is C15H19N3O. The number of aromatic nitrogens is 2. The molecule has 2 aromatic rings. The molecule has 0 fully saturated rings. The van der Waals surface area contributed by atoms with Crippen molar-refractivity contribution >= 4 is 5.82 Å². The lowest BCUT2D eigenvalue weighted by Gasteiger charge is -2.06. The summed E-state index contributed by atoms with van der Waals surface area (Å²) in [6, 6.07) is 9.87. The first-order valence-electron chi connectivity index (χ1n) is 6.50. The Balaban J connectivity index is 2.05. The van der Waals surface area contributed by atoms with E-state index in [0.29, 0.717) is 0 Å². The molecule has 0 saturated carbocycles. The molecule has 0 aliphatic heterocycles. The molecule has 0 amide bonds. The summed E-state index contributed by atoms with van der Waals surface area (Å²) in [4.78, 5) is 8.80. The summed E-state index contributed by atoms with van der Waals surface area (Å²) in [7, 11) is 1.67. The Morgan fingerprint density at radius 3 is 2.63 bits per heavy atom.